The zero-order valence-corrected chi connectivity index (χ0v) is 9.90. The normalized spacial score (nSPS) is 21.9. The Kier molecular flexibility index (Phi) is 2.23. The van der Waals surface area contributed by atoms with E-state index in [0.717, 1.165) is 36.7 Å². The van der Waals surface area contributed by atoms with Gasteiger partial charge in [-0.1, -0.05) is 18.2 Å². The van der Waals surface area contributed by atoms with Crippen LogP contribution in [0.1, 0.15) is 18.4 Å². The summed E-state index contributed by atoms with van der Waals surface area (Å²) >= 11 is 6.10. The third-order valence-electron chi connectivity index (χ3n) is 3.82. The second kappa shape index (κ2) is 3.51. The summed E-state index contributed by atoms with van der Waals surface area (Å²) in [5, 5.41) is 7.62. The average molecular weight is 235 g/mol. The molecule has 2 aliphatic heterocycles. The van der Waals surface area contributed by atoms with Crippen LogP contribution in [0.25, 0.3) is 0 Å². The summed E-state index contributed by atoms with van der Waals surface area (Å²) in [5.41, 5.74) is 3.74. The number of nitrogens with one attached hydrogen (secondary N) is 2. The molecule has 0 unspecified atom stereocenters. The van der Waals surface area contributed by atoms with Crippen molar-refractivity contribution in [1.29, 1.82) is 0 Å². The van der Waals surface area contributed by atoms with E-state index in [1.807, 2.05) is 6.07 Å². The third-order valence-corrected chi connectivity index (χ3v) is 4.05. The fourth-order valence-corrected chi connectivity index (χ4v) is 3.06. The molecule has 1 aromatic rings. The van der Waals surface area contributed by atoms with Crippen molar-refractivity contribution in [2.75, 3.05) is 18.4 Å². The Morgan fingerprint density at radius 3 is 2.75 bits per heavy atom. The van der Waals surface area contributed by atoms with Crippen molar-refractivity contribution >= 4 is 17.3 Å². The van der Waals surface area contributed by atoms with Gasteiger partial charge in [-0.15, -0.1) is 0 Å². The van der Waals surface area contributed by atoms with Gasteiger partial charge in [0.2, 0.25) is 0 Å². The lowest BCUT2D eigenvalue weighted by Gasteiger charge is -2.35. The van der Waals surface area contributed by atoms with Gasteiger partial charge >= 0.3 is 0 Å². The van der Waals surface area contributed by atoms with Crippen molar-refractivity contribution in [3.05, 3.63) is 41.1 Å². The van der Waals surface area contributed by atoms with Crippen LogP contribution in [0.5, 0.6) is 0 Å². The lowest BCUT2D eigenvalue weighted by molar-refractivity contribution is 0.367. The van der Waals surface area contributed by atoms with Crippen molar-refractivity contribution in [3.8, 4) is 0 Å². The minimum absolute atomic E-state index is 0.103. The van der Waals surface area contributed by atoms with Crippen LogP contribution in [0.4, 0.5) is 5.69 Å². The summed E-state index contributed by atoms with van der Waals surface area (Å²) in [6.45, 7) is 6.29. The Bertz CT molecular complexity index is 447. The highest BCUT2D eigenvalue weighted by atomic mass is 35.5. The zero-order valence-electron chi connectivity index (χ0n) is 9.15. The molecule has 0 radical (unpaired) electrons. The molecule has 0 saturated carbocycles. The molecule has 16 heavy (non-hydrogen) atoms. The number of hydrogen-bond acceptors (Lipinski definition) is 2. The molecule has 2 aliphatic rings. The van der Waals surface area contributed by atoms with Crippen molar-refractivity contribution < 1.29 is 0 Å². The molecule has 0 aliphatic carbocycles. The Labute approximate surface area is 101 Å². The van der Waals surface area contributed by atoms with Gasteiger partial charge in [0.15, 0.2) is 0 Å². The van der Waals surface area contributed by atoms with Crippen LogP contribution in [0, 0.1) is 0 Å². The lowest BCUT2D eigenvalue weighted by Crippen LogP contribution is -2.39. The van der Waals surface area contributed by atoms with E-state index in [1.165, 1.54) is 11.3 Å². The Morgan fingerprint density at radius 2 is 2.00 bits per heavy atom. The summed E-state index contributed by atoms with van der Waals surface area (Å²) in [7, 11) is 0. The van der Waals surface area contributed by atoms with E-state index in [2.05, 4.69) is 29.3 Å². The fourth-order valence-electron chi connectivity index (χ4n) is 2.89. The highest BCUT2D eigenvalue weighted by Gasteiger charge is 2.42. The first-order valence-electron chi connectivity index (χ1n) is 5.69. The number of piperidine rings is 1. The second-order valence-corrected chi connectivity index (χ2v) is 5.06. The molecule has 2 N–H and O–H groups in total. The highest BCUT2D eigenvalue weighted by Crippen LogP contribution is 2.49. The molecule has 3 rings (SSSR count). The van der Waals surface area contributed by atoms with Crippen molar-refractivity contribution in [2.24, 2.45) is 0 Å². The van der Waals surface area contributed by atoms with Crippen LogP contribution in [0.15, 0.2) is 30.5 Å². The number of halogens is 1. The smallest absolute Gasteiger partial charge is 0.0425 e. The quantitative estimate of drug-likeness (QED) is 0.721. The molecular formula is C13H15ClN2. The number of allylic oxidation sites excluding steroid dienone is 1. The van der Waals surface area contributed by atoms with Crippen LogP contribution in [-0.2, 0) is 5.41 Å². The van der Waals surface area contributed by atoms with Gasteiger partial charge < -0.3 is 10.6 Å². The predicted octanol–water partition coefficient (Wildman–Crippen LogP) is 2.90. The van der Waals surface area contributed by atoms with Gasteiger partial charge in [0, 0.05) is 21.8 Å². The van der Waals surface area contributed by atoms with Crippen LogP contribution >= 0.6 is 11.6 Å². The first kappa shape index (κ1) is 10.2. The lowest BCUT2D eigenvalue weighted by atomic mass is 9.73. The molecule has 1 fully saturated rings. The Balaban J connectivity index is 2.13. The monoisotopic (exact) mass is 234 g/mol. The first-order valence-corrected chi connectivity index (χ1v) is 6.07. The molecular weight excluding hydrogens is 220 g/mol. The number of benzene rings is 1. The van der Waals surface area contributed by atoms with Crippen molar-refractivity contribution in [3.63, 3.8) is 0 Å². The highest BCUT2D eigenvalue weighted by molar-refractivity contribution is 6.30. The Morgan fingerprint density at radius 1 is 1.25 bits per heavy atom. The summed E-state index contributed by atoms with van der Waals surface area (Å²) in [6, 6.07) is 6.08. The molecule has 2 nitrogen and oxygen atoms in total. The van der Waals surface area contributed by atoms with E-state index in [0.29, 0.717) is 0 Å². The average Bonchev–Trinajstić information content (AvgIpc) is 2.55. The van der Waals surface area contributed by atoms with Crippen LogP contribution < -0.4 is 10.6 Å². The first-order chi connectivity index (χ1) is 7.72. The van der Waals surface area contributed by atoms with Crippen LogP contribution in [0.3, 0.4) is 0 Å². The van der Waals surface area contributed by atoms with Gasteiger partial charge in [0.25, 0.3) is 0 Å². The van der Waals surface area contributed by atoms with E-state index in [4.69, 9.17) is 11.6 Å². The fraction of sp³-hybridized carbons (Fsp3) is 0.385. The SMILES string of the molecule is C=C1Nc2ccc(Cl)cc2C12CCNCC2. The largest absolute Gasteiger partial charge is 0.358 e. The number of rotatable bonds is 0. The number of anilines is 1. The van der Waals surface area contributed by atoms with Crippen molar-refractivity contribution in [2.45, 2.75) is 18.3 Å². The molecule has 1 aromatic carbocycles. The van der Waals surface area contributed by atoms with Gasteiger partial charge in [-0.3, -0.25) is 0 Å². The summed E-state index contributed by atoms with van der Waals surface area (Å²) < 4.78 is 0. The topological polar surface area (TPSA) is 24.1 Å². The summed E-state index contributed by atoms with van der Waals surface area (Å²) in [4.78, 5) is 0. The number of hydrogen-bond donors (Lipinski definition) is 2. The summed E-state index contributed by atoms with van der Waals surface area (Å²) in [6.07, 6.45) is 2.21. The van der Waals surface area contributed by atoms with E-state index in [-0.39, 0.29) is 5.41 Å². The molecule has 0 atom stereocenters. The number of fused-ring (bicyclic) bond motifs is 2. The van der Waals surface area contributed by atoms with Crippen LogP contribution in [-0.4, -0.2) is 13.1 Å². The zero-order chi connectivity index (χ0) is 11.2. The third kappa shape index (κ3) is 1.30. The van der Waals surface area contributed by atoms with Gasteiger partial charge in [-0.05, 0) is 49.7 Å². The second-order valence-electron chi connectivity index (χ2n) is 4.63. The standard InChI is InChI=1S/C13H15ClN2/c1-9-13(4-6-15-7-5-13)11-8-10(14)2-3-12(11)16-9/h2-3,8,15-16H,1,4-7H2. The van der Waals surface area contributed by atoms with E-state index in [9.17, 15) is 0 Å². The Hall–Kier alpha value is -0.990. The van der Waals surface area contributed by atoms with Crippen molar-refractivity contribution in [1.82, 2.24) is 5.32 Å². The maximum Gasteiger partial charge on any atom is 0.0425 e. The molecule has 1 spiro atoms. The van der Waals surface area contributed by atoms with E-state index >= 15 is 0 Å². The molecule has 2 heterocycles. The van der Waals surface area contributed by atoms with Gasteiger partial charge in [0.05, 0.1) is 0 Å². The molecule has 0 amide bonds. The maximum atomic E-state index is 6.10. The molecule has 0 aromatic heterocycles. The molecule has 84 valence electrons. The molecule has 0 bridgehead atoms. The summed E-state index contributed by atoms with van der Waals surface area (Å²) in [5.74, 6) is 0. The predicted molar refractivity (Wildman–Crippen MR) is 68.0 cm³/mol. The van der Waals surface area contributed by atoms with Gasteiger partial charge in [-0.25, -0.2) is 0 Å². The minimum atomic E-state index is 0.103. The van der Waals surface area contributed by atoms with Gasteiger partial charge in [0.1, 0.15) is 0 Å². The van der Waals surface area contributed by atoms with E-state index < -0.39 is 0 Å². The van der Waals surface area contributed by atoms with E-state index in [1.54, 1.807) is 0 Å². The molecule has 3 heteroatoms. The van der Waals surface area contributed by atoms with Crippen LogP contribution in [0.2, 0.25) is 5.02 Å². The maximum absolute atomic E-state index is 6.10. The molecule has 1 saturated heterocycles. The minimum Gasteiger partial charge on any atom is -0.358 e. The van der Waals surface area contributed by atoms with Gasteiger partial charge in [-0.2, -0.15) is 0 Å².